The maximum atomic E-state index is 12.7. The molecule has 0 bridgehead atoms. The molecule has 1 aliphatic heterocycles. The molecule has 0 radical (unpaired) electrons. The van der Waals surface area contributed by atoms with Gasteiger partial charge in [0.25, 0.3) is 5.56 Å². The van der Waals surface area contributed by atoms with Crippen molar-refractivity contribution in [3.8, 4) is 5.82 Å². The summed E-state index contributed by atoms with van der Waals surface area (Å²) >= 11 is 0. The van der Waals surface area contributed by atoms with Gasteiger partial charge in [0.15, 0.2) is 5.82 Å². The summed E-state index contributed by atoms with van der Waals surface area (Å²) in [6.45, 7) is 8.64. The Hall–Kier alpha value is -3.75. The van der Waals surface area contributed by atoms with Crippen LogP contribution in [0.5, 0.6) is 0 Å². The minimum Gasteiger partial charge on any atom is -0.354 e. The van der Waals surface area contributed by atoms with E-state index in [-0.39, 0.29) is 36.9 Å². The molecule has 3 aromatic rings. The number of amides is 2. The van der Waals surface area contributed by atoms with Gasteiger partial charge in [0.05, 0.1) is 18.2 Å². The lowest BCUT2D eigenvalue weighted by molar-refractivity contribution is -0.126. The Kier molecular flexibility index (Phi) is 6.13. The van der Waals surface area contributed by atoms with E-state index >= 15 is 0 Å². The molecule has 4 rings (SSSR count). The molecule has 9 nitrogen and oxygen atoms in total. The molecule has 0 saturated carbocycles. The highest BCUT2D eigenvalue weighted by atomic mass is 16.2. The summed E-state index contributed by atoms with van der Waals surface area (Å²) in [4.78, 5) is 39.1. The molecule has 1 aliphatic rings. The zero-order valence-corrected chi connectivity index (χ0v) is 19.3. The van der Waals surface area contributed by atoms with E-state index in [4.69, 9.17) is 0 Å². The van der Waals surface area contributed by atoms with Gasteiger partial charge in [0.1, 0.15) is 0 Å². The first-order valence-electron chi connectivity index (χ1n) is 11.0. The Bertz CT molecular complexity index is 1280. The van der Waals surface area contributed by atoms with Crippen LogP contribution >= 0.6 is 0 Å². The van der Waals surface area contributed by atoms with Crippen LogP contribution in [-0.2, 0) is 16.1 Å². The Morgan fingerprint density at radius 2 is 1.82 bits per heavy atom. The van der Waals surface area contributed by atoms with Crippen molar-refractivity contribution in [1.29, 1.82) is 0 Å². The number of hydrogen-bond donors (Lipinski definition) is 1. The second-order valence-electron chi connectivity index (χ2n) is 8.56. The molecule has 9 heteroatoms. The minimum atomic E-state index is -0.426. The van der Waals surface area contributed by atoms with Gasteiger partial charge in [0.2, 0.25) is 11.8 Å². The van der Waals surface area contributed by atoms with E-state index in [1.54, 1.807) is 15.6 Å². The lowest BCUT2D eigenvalue weighted by Crippen LogP contribution is -2.36. The standard InChI is InChI=1S/C24H28N6O3/c1-15-5-6-20(11-16(15)2)28-14-19(13-23(28)32)24(33)25-9-10-29-22(31)8-7-21(27-29)30-18(4)12-17(3)26-30/h5-8,11-12,19H,9-10,13-14H2,1-4H3,(H,25,33). The number of nitrogens with one attached hydrogen (secondary N) is 1. The summed E-state index contributed by atoms with van der Waals surface area (Å²) < 4.78 is 2.99. The van der Waals surface area contributed by atoms with Gasteiger partial charge >= 0.3 is 0 Å². The fourth-order valence-corrected chi connectivity index (χ4v) is 4.03. The van der Waals surface area contributed by atoms with E-state index in [1.807, 2.05) is 52.0 Å². The largest absolute Gasteiger partial charge is 0.354 e. The molecular formula is C24H28N6O3. The molecule has 1 fully saturated rings. The predicted molar refractivity (Wildman–Crippen MR) is 124 cm³/mol. The smallest absolute Gasteiger partial charge is 0.266 e. The van der Waals surface area contributed by atoms with E-state index in [2.05, 4.69) is 15.5 Å². The summed E-state index contributed by atoms with van der Waals surface area (Å²) in [5.74, 6) is -0.145. The number of carbonyl (C=O) groups excluding carboxylic acids is 2. The lowest BCUT2D eigenvalue weighted by atomic mass is 10.1. The molecule has 3 heterocycles. The van der Waals surface area contributed by atoms with Crippen LogP contribution in [0.15, 0.2) is 41.2 Å². The van der Waals surface area contributed by atoms with Crippen molar-refractivity contribution in [3.63, 3.8) is 0 Å². The number of benzene rings is 1. The Morgan fingerprint density at radius 1 is 1.03 bits per heavy atom. The molecule has 172 valence electrons. The van der Waals surface area contributed by atoms with Crippen LogP contribution in [0.4, 0.5) is 5.69 Å². The number of aromatic nitrogens is 4. The molecule has 1 unspecified atom stereocenters. The van der Waals surface area contributed by atoms with Crippen molar-refractivity contribution in [2.75, 3.05) is 18.0 Å². The molecule has 0 aliphatic carbocycles. The van der Waals surface area contributed by atoms with E-state index in [9.17, 15) is 14.4 Å². The fraction of sp³-hybridized carbons (Fsp3) is 0.375. The number of anilines is 1. The number of aryl methyl sites for hydroxylation is 4. The maximum absolute atomic E-state index is 12.7. The third-order valence-corrected chi connectivity index (χ3v) is 6.00. The second kappa shape index (κ2) is 9.01. The van der Waals surface area contributed by atoms with Gasteiger partial charge in [-0.2, -0.15) is 5.10 Å². The molecule has 0 spiro atoms. The number of rotatable bonds is 6. The highest BCUT2D eigenvalue weighted by Gasteiger charge is 2.35. The van der Waals surface area contributed by atoms with Crippen LogP contribution < -0.4 is 15.8 Å². The van der Waals surface area contributed by atoms with Crippen LogP contribution in [0, 0.1) is 33.6 Å². The average Bonchev–Trinajstić information content (AvgIpc) is 3.33. The first-order valence-corrected chi connectivity index (χ1v) is 11.0. The third-order valence-electron chi connectivity index (χ3n) is 6.00. The van der Waals surface area contributed by atoms with Gasteiger partial charge in [-0.1, -0.05) is 6.07 Å². The molecule has 1 atom stereocenters. The van der Waals surface area contributed by atoms with Crippen molar-refractivity contribution in [2.24, 2.45) is 5.92 Å². The first kappa shape index (κ1) is 22.4. The highest BCUT2D eigenvalue weighted by Crippen LogP contribution is 2.26. The first-order chi connectivity index (χ1) is 15.7. The van der Waals surface area contributed by atoms with E-state index in [0.29, 0.717) is 12.4 Å². The van der Waals surface area contributed by atoms with Crippen molar-refractivity contribution >= 4 is 17.5 Å². The van der Waals surface area contributed by atoms with Crippen LogP contribution in [0.25, 0.3) is 5.82 Å². The van der Waals surface area contributed by atoms with Gasteiger partial charge in [-0.3, -0.25) is 14.4 Å². The van der Waals surface area contributed by atoms with Crippen molar-refractivity contribution in [3.05, 3.63) is 69.3 Å². The Labute approximate surface area is 192 Å². The van der Waals surface area contributed by atoms with Crippen LogP contribution in [-0.4, -0.2) is 44.5 Å². The molecule has 33 heavy (non-hydrogen) atoms. The number of carbonyl (C=O) groups is 2. The average molecular weight is 449 g/mol. The minimum absolute atomic E-state index is 0.0612. The van der Waals surface area contributed by atoms with Crippen molar-refractivity contribution in [2.45, 2.75) is 40.7 Å². The molecule has 2 amide bonds. The molecule has 2 aromatic heterocycles. The SMILES string of the molecule is Cc1cc(C)n(-c2ccc(=O)n(CCNC(=O)C3CC(=O)N(c4ccc(C)c(C)c4)C3)n2)n1. The molecular weight excluding hydrogens is 420 g/mol. The zero-order valence-electron chi connectivity index (χ0n) is 19.3. The lowest BCUT2D eigenvalue weighted by Gasteiger charge is -2.18. The maximum Gasteiger partial charge on any atom is 0.266 e. The highest BCUT2D eigenvalue weighted by molar-refractivity contribution is 6.00. The Morgan fingerprint density at radius 3 is 2.52 bits per heavy atom. The normalized spacial score (nSPS) is 15.8. The summed E-state index contributed by atoms with van der Waals surface area (Å²) in [7, 11) is 0. The second-order valence-corrected chi connectivity index (χ2v) is 8.56. The van der Waals surface area contributed by atoms with E-state index in [1.165, 1.54) is 10.7 Å². The van der Waals surface area contributed by atoms with Gasteiger partial charge in [-0.15, -0.1) is 5.10 Å². The van der Waals surface area contributed by atoms with E-state index < -0.39 is 5.92 Å². The quantitative estimate of drug-likeness (QED) is 0.620. The van der Waals surface area contributed by atoms with Gasteiger partial charge in [0, 0.05) is 37.0 Å². The van der Waals surface area contributed by atoms with Crippen LogP contribution in [0.2, 0.25) is 0 Å². The summed E-state index contributed by atoms with van der Waals surface area (Å²) in [6, 6.07) is 10.9. The van der Waals surface area contributed by atoms with Crippen molar-refractivity contribution < 1.29 is 9.59 Å². The number of nitrogens with zero attached hydrogens (tertiary/aromatic N) is 5. The van der Waals surface area contributed by atoms with Crippen molar-refractivity contribution in [1.82, 2.24) is 24.9 Å². The summed E-state index contributed by atoms with van der Waals surface area (Å²) in [6.07, 6.45) is 0.171. The zero-order chi connectivity index (χ0) is 23.7. The third kappa shape index (κ3) is 4.72. The monoisotopic (exact) mass is 448 g/mol. The van der Waals surface area contributed by atoms with Gasteiger partial charge in [-0.05, 0) is 63.1 Å². The topological polar surface area (TPSA) is 102 Å². The van der Waals surface area contributed by atoms with Gasteiger partial charge in [-0.25, -0.2) is 9.36 Å². The van der Waals surface area contributed by atoms with Crippen LogP contribution in [0.3, 0.4) is 0 Å². The summed E-state index contributed by atoms with van der Waals surface area (Å²) in [5.41, 5.74) is 4.60. The predicted octanol–water partition coefficient (Wildman–Crippen LogP) is 1.83. The van der Waals surface area contributed by atoms with E-state index in [0.717, 1.165) is 28.2 Å². The molecule has 1 aromatic carbocycles. The van der Waals surface area contributed by atoms with Gasteiger partial charge < -0.3 is 10.2 Å². The molecule has 1 N–H and O–H groups in total. The molecule has 1 saturated heterocycles. The Balaban J connectivity index is 1.37. The number of hydrogen-bond acceptors (Lipinski definition) is 5. The fourth-order valence-electron chi connectivity index (χ4n) is 4.03. The van der Waals surface area contributed by atoms with Crippen LogP contribution in [0.1, 0.15) is 28.9 Å². The summed E-state index contributed by atoms with van der Waals surface area (Å²) in [5, 5.41) is 11.6.